The lowest BCUT2D eigenvalue weighted by Gasteiger charge is -2.23. The number of methoxy groups -OCH3 is 1. The van der Waals surface area contributed by atoms with Crippen LogP contribution in [-0.2, 0) is 16.0 Å². The fraction of sp³-hybridized carbons (Fsp3) is 0.250. The van der Waals surface area contributed by atoms with E-state index in [1.165, 1.54) is 4.90 Å². The highest BCUT2D eigenvalue weighted by molar-refractivity contribution is 7.80. The highest BCUT2D eigenvalue weighted by atomic mass is 32.1. The van der Waals surface area contributed by atoms with Crippen LogP contribution in [0.4, 0.5) is 5.69 Å². The zero-order valence-corrected chi connectivity index (χ0v) is 15.7. The summed E-state index contributed by atoms with van der Waals surface area (Å²) >= 11 is 5.52. The van der Waals surface area contributed by atoms with Gasteiger partial charge in [0.25, 0.3) is 5.91 Å². The van der Waals surface area contributed by atoms with E-state index >= 15 is 0 Å². The summed E-state index contributed by atoms with van der Waals surface area (Å²) in [7, 11) is 1.61. The molecule has 6 nitrogen and oxygen atoms in total. The Morgan fingerprint density at radius 3 is 2.41 bits per heavy atom. The lowest BCUT2D eigenvalue weighted by Crippen LogP contribution is -2.38. The number of carbonyl (C=O) groups is 2. The number of aliphatic carboxylic acids is 1. The van der Waals surface area contributed by atoms with Crippen molar-refractivity contribution in [2.45, 2.75) is 18.9 Å². The minimum Gasteiger partial charge on any atom is -0.497 e. The molecule has 1 N–H and O–H groups in total. The minimum absolute atomic E-state index is 0.287. The number of benzene rings is 2. The fourth-order valence-corrected chi connectivity index (χ4v) is 3.52. The van der Waals surface area contributed by atoms with E-state index in [9.17, 15) is 14.7 Å². The molecule has 0 spiro atoms. The van der Waals surface area contributed by atoms with Crippen LogP contribution in [0.25, 0.3) is 0 Å². The smallest absolute Gasteiger partial charge is 0.305 e. The molecule has 3 rings (SSSR count). The molecule has 0 aliphatic carbocycles. The van der Waals surface area contributed by atoms with Crippen molar-refractivity contribution in [3.63, 3.8) is 0 Å². The van der Waals surface area contributed by atoms with Crippen LogP contribution in [0, 0.1) is 0 Å². The fourth-order valence-electron chi connectivity index (χ4n) is 3.11. The predicted octanol–water partition coefficient (Wildman–Crippen LogP) is 2.71. The van der Waals surface area contributed by atoms with Crippen LogP contribution in [0.1, 0.15) is 12.0 Å². The molecule has 140 valence electrons. The SMILES string of the molecule is COc1ccc(CCN2C(=S)N(c3ccccc3)C(=O)C2CC(=O)O)cc1. The van der Waals surface area contributed by atoms with E-state index in [0.29, 0.717) is 23.8 Å². The zero-order valence-electron chi connectivity index (χ0n) is 14.9. The van der Waals surface area contributed by atoms with Crippen molar-refractivity contribution in [1.29, 1.82) is 0 Å². The summed E-state index contributed by atoms with van der Waals surface area (Å²) in [5.74, 6) is -0.562. The van der Waals surface area contributed by atoms with E-state index in [4.69, 9.17) is 17.0 Å². The second kappa shape index (κ2) is 8.18. The number of carboxylic acid groups (broad SMARTS) is 1. The summed E-state index contributed by atoms with van der Waals surface area (Å²) in [6.07, 6.45) is 0.348. The number of hydrogen-bond donors (Lipinski definition) is 1. The largest absolute Gasteiger partial charge is 0.497 e. The van der Waals surface area contributed by atoms with Crippen molar-refractivity contribution < 1.29 is 19.4 Å². The molecule has 1 atom stereocenters. The van der Waals surface area contributed by atoms with Crippen LogP contribution in [0.15, 0.2) is 54.6 Å². The second-order valence-electron chi connectivity index (χ2n) is 6.20. The maximum atomic E-state index is 12.9. The number of carbonyl (C=O) groups excluding carboxylic acids is 1. The van der Waals surface area contributed by atoms with Crippen LogP contribution in [0.2, 0.25) is 0 Å². The monoisotopic (exact) mass is 384 g/mol. The van der Waals surface area contributed by atoms with Gasteiger partial charge in [0.15, 0.2) is 5.11 Å². The normalized spacial score (nSPS) is 16.7. The van der Waals surface area contributed by atoms with Crippen molar-refractivity contribution in [2.75, 3.05) is 18.6 Å². The van der Waals surface area contributed by atoms with Crippen molar-refractivity contribution >= 4 is 34.9 Å². The summed E-state index contributed by atoms with van der Waals surface area (Å²) in [6, 6.07) is 15.9. The zero-order chi connectivity index (χ0) is 19.4. The van der Waals surface area contributed by atoms with Gasteiger partial charge in [0, 0.05) is 6.54 Å². The number of nitrogens with zero attached hydrogens (tertiary/aromatic N) is 2. The second-order valence-corrected chi connectivity index (χ2v) is 6.56. The van der Waals surface area contributed by atoms with Gasteiger partial charge in [-0.05, 0) is 48.5 Å². The minimum atomic E-state index is -1.03. The number of rotatable bonds is 7. The van der Waals surface area contributed by atoms with Crippen LogP contribution in [-0.4, -0.2) is 46.7 Å². The van der Waals surface area contributed by atoms with E-state index in [1.807, 2.05) is 42.5 Å². The van der Waals surface area contributed by atoms with E-state index in [2.05, 4.69) is 0 Å². The molecular formula is C20H20N2O4S. The molecule has 1 heterocycles. The Morgan fingerprint density at radius 1 is 1.15 bits per heavy atom. The first kappa shape index (κ1) is 18.8. The molecule has 7 heteroatoms. The Balaban J connectivity index is 1.80. The van der Waals surface area contributed by atoms with Crippen molar-refractivity contribution in [1.82, 2.24) is 4.90 Å². The number of thiocarbonyl (C=S) groups is 1. The first-order valence-corrected chi connectivity index (χ1v) is 8.96. The van der Waals surface area contributed by atoms with Crippen molar-refractivity contribution in [3.05, 3.63) is 60.2 Å². The first-order valence-electron chi connectivity index (χ1n) is 8.55. The molecule has 0 saturated carbocycles. The lowest BCUT2D eigenvalue weighted by atomic mass is 10.1. The Kier molecular flexibility index (Phi) is 5.71. The molecule has 1 aliphatic heterocycles. The molecule has 2 aromatic rings. The maximum Gasteiger partial charge on any atom is 0.305 e. The summed E-state index contributed by atoms with van der Waals surface area (Å²) < 4.78 is 5.15. The number of hydrogen-bond acceptors (Lipinski definition) is 4. The van der Waals surface area contributed by atoms with Crippen molar-refractivity contribution in [3.8, 4) is 5.75 Å². The van der Waals surface area contributed by atoms with Crippen LogP contribution < -0.4 is 9.64 Å². The quantitative estimate of drug-likeness (QED) is 0.741. The number of para-hydroxylation sites is 1. The van der Waals surface area contributed by atoms with Gasteiger partial charge in [0.2, 0.25) is 0 Å². The Bertz CT molecular complexity index is 839. The number of carboxylic acids is 1. The molecule has 1 fully saturated rings. The molecule has 0 radical (unpaired) electrons. The molecular weight excluding hydrogens is 364 g/mol. The average molecular weight is 384 g/mol. The average Bonchev–Trinajstić information content (AvgIpc) is 2.90. The Labute approximate surface area is 163 Å². The number of anilines is 1. The van der Waals surface area contributed by atoms with Gasteiger partial charge >= 0.3 is 5.97 Å². The number of amides is 1. The van der Waals surface area contributed by atoms with E-state index in [1.54, 1.807) is 24.1 Å². The van der Waals surface area contributed by atoms with Gasteiger partial charge in [-0.1, -0.05) is 30.3 Å². The summed E-state index contributed by atoms with van der Waals surface area (Å²) in [5.41, 5.74) is 1.70. The van der Waals surface area contributed by atoms with E-state index in [0.717, 1.165) is 11.3 Å². The Hall–Kier alpha value is -2.93. The molecule has 1 aliphatic rings. The van der Waals surface area contributed by atoms with Crippen LogP contribution in [0.5, 0.6) is 5.75 Å². The molecule has 1 unspecified atom stereocenters. The van der Waals surface area contributed by atoms with Gasteiger partial charge in [-0.15, -0.1) is 0 Å². The molecule has 0 bridgehead atoms. The van der Waals surface area contributed by atoms with E-state index < -0.39 is 12.0 Å². The van der Waals surface area contributed by atoms with Crippen LogP contribution in [0.3, 0.4) is 0 Å². The maximum absolute atomic E-state index is 12.9. The first-order chi connectivity index (χ1) is 13.0. The summed E-state index contributed by atoms with van der Waals surface area (Å²) in [6.45, 7) is 0.457. The standard InChI is InChI=1S/C20H20N2O4S/c1-26-16-9-7-14(8-10-16)11-12-21-17(13-18(23)24)19(25)22(20(21)27)15-5-3-2-4-6-15/h2-10,17H,11-13H2,1H3,(H,23,24). The highest BCUT2D eigenvalue weighted by Gasteiger charge is 2.43. The highest BCUT2D eigenvalue weighted by Crippen LogP contribution is 2.27. The third-order valence-corrected chi connectivity index (χ3v) is 4.92. The molecule has 1 amide bonds. The van der Waals surface area contributed by atoms with Gasteiger partial charge in [-0.2, -0.15) is 0 Å². The van der Waals surface area contributed by atoms with Gasteiger partial charge in [-0.3, -0.25) is 14.5 Å². The molecule has 0 aromatic heterocycles. The van der Waals surface area contributed by atoms with Crippen LogP contribution >= 0.6 is 12.2 Å². The summed E-state index contributed by atoms with van der Waals surface area (Å²) in [4.78, 5) is 27.3. The van der Waals surface area contributed by atoms with Gasteiger partial charge in [0.1, 0.15) is 11.8 Å². The lowest BCUT2D eigenvalue weighted by molar-refractivity contribution is -0.139. The number of ether oxygens (including phenoxy) is 1. The van der Waals surface area contributed by atoms with Crippen molar-refractivity contribution in [2.24, 2.45) is 0 Å². The van der Waals surface area contributed by atoms with Gasteiger partial charge < -0.3 is 14.7 Å². The molecule has 27 heavy (non-hydrogen) atoms. The third-order valence-electron chi connectivity index (χ3n) is 4.50. The topological polar surface area (TPSA) is 70.1 Å². The molecule has 1 saturated heterocycles. The molecule has 2 aromatic carbocycles. The summed E-state index contributed by atoms with van der Waals surface area (Å²) in [5, 5.41) is 9.58. The van der Waals surface area contributed by atoms with E-state index in [-0.39, 0.29) is 12.3 Å². The third kappa shape index (κ3) is 4.09. The Morgan fingerprint density at radius 2 is 1.81 bits per heavy atom. The van der Waals surface area contributed by atoms with Gasteiger partial charge in [0.05, 0.1) is 19.2 Å². The predicted molar refractivity (Wildman–Crippen MR) is 106 cm³/mol. The van der Waals surface area contributed by atoms with Gasteiger partial charge in [-0.25, -0.2) is 0 Å².